The highest BCUT2D eigenvalue weighted by atomic mass is 32.2. The summed E-state index contributed by atoms with van der Waals surface area (Å²) in [6.45, 7) is 5.34. The maximum atomic E-state index is 12.8. The molecule has 2 amide bonds. The lowest BCUT2D eigenvalue weighted by Gasteiger charge is -2.25. The van der Waals surface area contributed by atoms with E-state index in [0.717, 1.165) is 14.6 Å². The van der Waals surface area contributed by atoms with E-state index in [4.69, 9.17) is 4.74 Å². The second kappa shape index (κ2) is 10.8. The molecule has 0 aliphatic heterocycles. The maximum absolute atomic E-state index is 12.8. The first-order chi connectivity index (χ1) is 15.0. The maximum Gasteiger partial charge on any atom is 0.309 e. The van der Waals surface area contributed by atoms with Gasteiger partial charge in [-0.25, -0.2) is 4.98 Å². The van der Waals surface area contributed by atoms with Gasteiger partial charge in [-0.1, -0.05) is 23.9 Å². The van der Waals surface area contributed by atoms with Crippen LogP contribution in [0.15, 0.2) is 34.7 Å². The number of fused-ring (bicyclic) bond motifs is 1. The molecule has 0 radical (unpaired) electrons. The molecule has 0 bridgehead atoms. The fraction of sp³-hybridized carbons (Fsp3) is 0.455. The molecular weight excluding hydrogens is 434 g/mol. The predicted octanol–water partition coefficient (Wildman–Crippen LogP) is 3.95. The molecule has 1 heterocycles. The first kappa shape index (κ1) is 23.3. The lowest BCUT2D eigenvalue weighted by Crippen LogP contribution is -2.35. The molecule has 31 heavy (non-hydrogen) atoms. The average Bonchev–Trinajstić information content (AvgIpc) is 3.20. The van der Waals surface area contributed by atoms with E-state index in [0.29, 0.717) is 37.4 Å². The van der Waals surface area contributed by atoms with Crippen LogP contribution in [0.5, 0.6) is 0 Å². The van der Waals surface area contributed by atoms with Crippen LogP contribution in [0.4, 0.5) is 5.69 Å². The predicted molar refractivity (Wildman–Crippen MR) is 124 cm³/mol. The van der Waals surface area contributed by atoms with Gasteiger partial charge in [-0.05, 0) is 44.9 Å². The molecule has 2 unspecified atom stereocenters. The summed E-state index contributed by atoms with van der Waals surface area (Å²) in [6, 6.07) is 5.55. The third-order valence-corrected chi connectivity index (χ3v) is 7.49. The second-order valence-electron chi connectivity index (χ2n) is 7.19. The summed E-state index contributed by atoms with van der Waals surface area (Å²) in [5.74, 6) is -1.01. The van der Waals surface area contributed by atoms with E-state index >= 15 is 0 Å². The Morgan fingerprint density at radius 1 is 1.19 bits per heavy atom. The number of anilines is 1. The van der Waals surface area contributed by atoms with Crippen LogP contribution in [0, 0.1) is 11.8 Å². The Bertz CT molecular complexity index is 984. The van der Waals surface area contributed by atoms with Crippen LogP contribution in [0.3, 0.4) is 0 Å². The number of thiazole rings is 1. The quantitative estimate of drug-likeness (QED) is 0.364. The van der Waals surface area contributed by atoms with Gasteiger partial charge in [-0.2, -0.15) is 0 Å². The Labute approximate surface area is 190 Å². The summed E-state index contributed by atoms with van der Waals surface area (Å²) in [5, 5.41) is 2.93. The Morgan fingerprint density at radius 2 is 1.90 bits per heavy atom. The number of rotatable bonds is 8. The molecule has 0 spiro atoms. The van der Waals surface area contributed by atoms with E-state index in [2.05, 4.69) is 10.3 Å². The van der Waals surface area contributed by atoms with Crippen LogP contribution < -0.4 is 5.32 Å². The highest BCUT2D eigenvalue weighted by molar-refractivity contribution is 8.01. The zero-order valence-corrected chi connectivity index (χ0v) is 19.6. The number of amides is 2. The molecule has 0 saturated heterocycles. The number of esters is 1. The van der Waals surface area contributed by atoms with Crippen LogP contribution >= 0.6 is 23.1 Å². The third-order valence-electron chi connectivity index (χ3n) is 5.34. The molecule has 1 N–H and O–H groups in total. The molecule has 2 atom stereocenters. The topological polar surface area (TPSA) is 88.6 Å². The number of carbonyl (C=O) groups is 3. The van der Waals surface area contributed by atoms with Crippen LogP contribution in [-0.4, -0.2) is 53.6 Å². The van der Waals surface area contributed by atoms with Gasteiger partial charge in [0.1, 0.15) is 0 Å². The number of carbonyl (C=O) groups excluding carboxylic acids is 3. The largest absolute Gasteiger partial charge is 0.469 e. The number of hydrogen-bond acceptors (Lipinski definition) is 7. The fourth-order valence-corrected chi connectivity index (χ4v) is 5.60. The van der Waals surface area contributed by atoms with Crippen LogP contribution in [0.2, 0.25) is 0 Å². The van der Waals surface area contributed by atoms with E-state index in [1.165, 1.54) is 30.2 Å². The van der Waals surface area contributed by atoms with Crippen molar-refractivity contribution in [2.45, 2.75) is 31.0 Å². The van der Waals surface area contributed by atoms with Gasteiger partial charge < -0.3 is 15.0 Å². The summed E-state index contributed by atoms with van der Waals surface area (Å²) < 4.78 is 6.62. The summed E-state index contributed by atoms with van der Waals surface area (Å²) in [6.07, 6.45) is 4.86. The molecule has 0 saturated carbocycles. The minimum absolute atomic E-state index is 0.101. The number of aromatic nitrogens is 1. The number of nitrogens with zero attached hydrogens (tertiary/aromatic N) is 2. The van der Waals surface area contributed by atoms with Crippen molar-refractivity contribution in [1.29, 1.82) is 0 Å². The molecule has 1 aromatic heterocycles. The van der Waals surface area contributed by atoms with E-state index in [-0.39, 0.29) is 17.8 Å². The Hall–Kier alpha value is -2.39. The SMILES string of the molecule is CCN(CC)C(=O)CSc1nc2ccc(NC(=O)C3CC=CCC3C(=O)OC)cc2s1. The first-order valence-electron chi connectivity index (χ1n) is 10.3. The number of hydrogen-bond donors (Lipinski definition) is 1. The number of thioether (sulfide) groups is 1. The third kappa shape index (κ3) is 5.65. The van der Waals surface area contributed by atoms with Gasteiger partial charge in [-0.3, -0.25) is 14.4 Å². The Kier molecular flexibility index (Phi) is 8.09. The zero-order valence-electron chi connectivity index (χ0n) is 17.9. The molecule has 7 nitrogen and oxygen atoms in total. The minimum atomic E-state index is -0.464. The summed E-state index contributed by atoms with van der Waals surface area (Å²) >= 11 is 2.93. The summed E-state index contributed by atoms with van der Waals surface area (Å²) in [4.78, 5) is 43.5. The molecule has 9 heteroatoms. The van der Waals surface area contributed by atoms with Gasteiger partial charge in [-0.15, -0.1) is 11.3 Å². The van der Waals surface area contributed by atoms with Crippen molar-refractivity contribution < 1.29 is 19.1 Å². The zero-order chi connectivity index (χ0) is 22.4. The van der Waals surface area contributed by atoms with Gasteiger partial charge in [0.2, 0.25) is 11.8 Å². The summed E-state index contributed by atoms with van der Waals surface area (Å²) in [5.41, 5.74) is 1.49. The van der Waals surface area contributed by atoms with Crippen molar-refractivity contribution in [3.05, 3.63) is 30.4 Å². The van der Waals surface area contributed by atoms with Crippen molar-refractivity contribution in [2.75, 3.05) is 31.3 Å². The fourth-order valence-electron chi connectivity index (χ4n) is 3.58. The lowest BCUT2D eigenvalue weighted by atomic mass is 9.82. The standard InChI is InChI=1S/C22H27N3O4S2/c1-4-25(5-2)19(26)13-30-22-24-17-11-10-14(12-18(17)31-22)23-20(27)15-8-6-7-9-16(15)21(28)29-3/h6-7,10-12,15-16H,4-5,8-9,13H2,1-3H3,(H,23,27). The minimum Gasteiger partial charge on any atom is -0.469 e. The van der Waals surface area contributed by atoms with E-state index < -0.39 is 11.8 Å². The monoisotopic (exact) mass is 461 g/mol. The number of benzene rings is 1. The molecule has 1 aliphatic carbocycles. The van der Waals surface area contributed by atoms with Gasteiger partial charge in [0.15, 0.2) is 4.34 Å². The van der Waals surface area contributed by atoms with Gasteiger partial charge in [0.05, 0.1) is 34.9 Å². The molecule has 1 aromatic carbocycles. The smallest absolute Gasteiger partial charge is 0.309 e. The van der Waals surface area contributed by atoms with Gasteiger partial charge >= 0.3 is 5.97 Å². The molecule has 3 rings (SSSR count). The average molecular weight is 462 g/mol. The van der Waals surface area contributed by atoms with Crippen molar-refractivity contribution in [3.8, 4) is 0 Å². The molecule has 2 aromatic rings. The molecule has 1 aliphatic rings. The number of allylic oxidation sites excluding steroid dienone is 2. The number of methoxy groups -OCH3 is 1. The van der Waals surface area contributed by atoms with Crippen LogP contribution in [-0.2, 0) is 19.1 Å². The summed E-state index contributed by atoms with van der Waals surface area (Å²) in [7, 11) is 1.35. The van der Waals surface area contributed by atoms with Crippen molar-refractivity contribution >= 4 is 56.8 Å². The van der Waals surface area contributed by atoms with Crippen molar-refractivity contribution in [1.82, 2.24) is 9.88 Å². The van der Waals surface area contributed by atoms with Crippen LogP contribution in [0.1, 0.15) is 26.7 Å². The van der Waals surface area contributed by atoms with Gasteiger partial charge in [0.25, 0.3) is 0 Å². The van der Waals surface area contributed by atoms with Crippen molar-refractivity contribution in [2.24, 2.45) is 11.8 Å². The number of nitrogens with one attached hydrogen (secondary N) is 1. The Balaban J connectivity index is 1.67. The lowest BCUT2D eigenvalue weighted by molar-refractivity contribution is -0.149. The van der Waals surface area contributed by atoms with Crippen LogP contribution in [0.25, 0.3) is 10.2 Å². The molecule has 166 valence electrons. The molecule has 0 fully saturated rings. The second-order valence-corrected chi connectivity index (χ2v) is 9.44. The van der Waals surface area contributed by atoms with Crippen molar-refractivity contribution in [3.63, 3.8) is 0 Å². The normalized spacial score (nSPS) is 18.0. The highest BCUT2D eigenvalue weighted by Gasteiger charge is 2.34. The first-order valence-corrected chi connectivity index (χ1v) is 12.1. The van der Waals surface area contributed by atoms with E-state index in [9.17, 15) is 14.4 Å². The van der Waals surface area contributed by atoms with E-state index in [1.54, 1.807) is 11.0 Å². The molecular formula is C22H27N3O4S2. The Morgan fingerprint density at radius 3 is 2.58 bits per heavy atom. The number of ether oxygens (including phenoxy) is 1. The highest BCUT2D eigenvalue weighted by Crippen LogP contribution is 2.32. The van der Waals surface area contributed by atoms with Gasteiger partial charge in [0, 0.05) is 18.8 Å². The van der Waals surface area contributed by atoms with E-state index in [1.807, 2.05) is 38.1 Å².